The van der Waals surface area contributed by atoms with Crippen LogP contribution in [-0.2, 0) is 6.18 Å². The Morgan fingerprint density at radius 3 is 2.35 bits per heavy atom. The fourth-order valence-corrected chi connectivity index (χ4v) is 1.98. The molecule has 0 spiro atoms. The summed E-state index contributed by atoms with van der Waals surface area (Å²) in [6, 6.07) is 0.368. The summed E-state index contributed by atoms with van der Waals surface area (Å²) in [5, 5.41) is 0. The molecule has 0 saturated heterocycles. The smallest absolute Gasteiger partial charge is 0.324 e. The van der Waals surface area contributed by atoms with Crippen LogP contribution in [0.4, 0.5) is 13.2 Å². The van der Waals surface area contributed by atoms with Gasteiger partial charge in [-0.1, -0.05) is 26.7 Å². The van der Waals surface area contributed by atoms with Crippen molar-refractivity contribution in [3.8, 4) is 0 Å². The lowest BCUT2D eigenvalue weighted by molar-refractivity contribution is -0.138. The van der Waals surface area contributed by atoms with E-state index in [-0.39, 0.29) is 11.5 Å². The fraction of sp³-hybridized carbons (Fsp3) is 0.583. The van der Waals surface area contributed by atoms with Crippen LogP contribution in [0.15, 0.2) is 18.5 Å². The summed E-state index contributed by atoms with van der Waals surface area (Å²) < 4.78 is 38.4. The molecule has 1 rings (SSSR count). The summed E-state index contributed by atoms with van der Waals surface area (Å²) in [7, 11) is 0. The second-order valence-corrected chi connectivity index (χ2v) is 4.06. The highest BCUT2D eigenvalue weighted by Gasteiger charge is 2.35. The Morgan fingerprint density at radius 1 is 1.29 bits per heavy atom. The summed E-state index contributed by atoms with van der Waals surface area (Å²) in [6.45, 7) is 3.86. The van der Waals surface area contributed by atoms with E-state index >= 15 is 0 Å². The molecule has 2 nitrogen and oxygen atoms in total. The fourth-order valence-electron chi connectivity index (χ4n) is 1.98. The molecule has 5 heteroatoms. The lowest BCUT2D eigenvalue weighted by Gasteiger charge is -2.24. The van der Waals surface area contributed by atoms with Gasteiger partial charge < -0.3 is 5.73 Å². The molecule has 0 aliphatic carbocycles. The van der Waals surface area contributed by atoms with E-state index in [4.69, 9.17) is 5.73 Å². The number of halogens is 3. The average Bonchev–Trinajstić information content (AvgIpc) is 2.29. The zero-order valence-electron chi connectivity index (χ0n) is 9.96. The standard InChI is InChI=1S/C12H17F3N2/c1-3-8(4-2)11(16)9-7-17-6-5-10(9)12(13,14)15/h5-8,11H,3-4,16H2,1-2H3. The number of hydrogen-bond acceptors (Lipinski definition) is 2. The van der Waals surface area contributed by atoms with Crippen LogP contribution in [0.25, 0.3) is 0 Å². The Balaban J connectivity index is 3.13. The van der Waals surface area contributed by atoms with Gasteiger partial charge in [0.25, 0.3) is 0 Å². The molecule has 1 unspecified atom stereocenters. The van der Waals surface area contributed by atoms with E-state index in [1.165, 1.54) is 6.20 Å². The minimum atomic E-state index is -4.37. The van der Waals surface area contributed by atoms with Crippen LogP contribution in [0.2, 0.25) is 0 Å². The van der Waals surface area contributed by atoms with Crippen molar-refractivity contribution in [2.75, 3.05) is 0 Å². The van der Waals surface area contributed by atoms with Gasteiger partial charge in [-0.15, -0.1) is 0 Å². The van der Waals surface area contributed by atoms with Gasteiger partial charge >= 0.3 is 6.18 Å². The van der Waals surface area contributed by atoms with Crippen LogP contribution in [0.3, 0.4) is 0 Å². The molecule has 0 bridgehead atoms. The van der Waals surface area contributed by atoms with Gasteiger partial charge in [0, 0.05) is 18.4 Å². The topological polar surface area (TPSA) is 38.9 Å². The van der Waals surface area contributed by atoms with Crippen LogP contribution in [0.5, 0.6) is 0 Å². The molecular weight excluding hydrogens is 229 g/mol. The van der Waals surface area contributed by atoms with Crippen LogP contribution >= 0.6 is 0 Å². The van der Waals surface area contributed by atoms with Crippen molar-refractivity contribution in [1.82, 2.24) is 4.98 Å². The van der Waals surface area contributed by atoms with Crippen molar-refractivity contribution < 1.29 is 13.2 Å². The molecule has 0 aromatic carbocycles. The maximum Gasteiger partial charge on any atom is 0.416 e. The van der Waals surface area contributed by atoms with Gasteiger partial charge in [-0.25, -0.2) is 0 Å². The highest BCUT2D eigenvalue weighted by molar-refractivity contribution is 5.29. The maximum atomic E-state index is 12.8. The van der Waals surface area contributed by atoms with Crippen molar-refractivity contribution >= 4 is 0 Å². The number of alkyl halides is 3. The lowest BCUT2D eigenvalue weighted by atomic mass is 9.88. The van der Waals surface area contributed by atoms with Crippen molar-refractivity contribution in [3.63, 3.8) is 0 Å². The summed E-state index contributed by atoms with van der Waals surface area (Å²) in [4.78, 5) is 3.75. The molecule has 0 radical (unpaired) electrons. The van der Waals surface area contributed by atoms with Crippen molar-refractivity contribution in [2.45, 2.75) is 38.9 Å². The van der Waals surface area contributed by atoms with Crippen LogP contribution in [0.1, 0.15) is 43.9 Å². The molecular formula is C12H17F3N2. The van der Waals surface area contributed by atoms with Crippen molar-refractivity contribution in [2.24, 2.45) is 11.7 Å². The quantitative estimate of drug-likeness (QED) is 0.882. The zero-order chi connectivity index (χ0) is 13.1. The summed E-state index contributed by atoms with van der Waals surface area (Å²) in [5.74, 6) is 0.0419. The first-order valence-electron chi connectivity index (χ1n) is 5.68. The van der Waals surface area contributed by atoms with Gasteiger partial charge in [0.2, 0.25) is 0 Å². The number of nitrogens with zero attached hydrogens (tertiary/aromatic N) is 1. The van der Waals surface area contributed by atoms with E-state index in [1.807, 2.05) is 13.8 Å². The van der Waals surface area contributed by atoms with E-state index in [2.05, 4.69) is 4.98 Å². The Bertz CT molecular complexity index is 359. The highest BCUT2D eigenvalue weighted by Crippen LogP contribution is 2.36. The Hall–Kier alpha value is -1.10. The predicted molar refractivity (Wildman–Crippen MR) is 60.2 cm³/mol. The van der Waals surface area contributed by atoms with E-state index in [1.54, 1.807) is 0 Å². The van der Waals surface area contributed by atoms with Gasteiger partial charge in [-0.05, 0) is 17.5 Å². The van der Waals surface area contributed by atoms with E-state index in [9.17, 15) is 13.2 Å². The summed E-state index contributed by atoms with van der Waals surface area (Å²) in [5.41, 5.74) is 5.34. The number of hydrogen-bond donors (Lipinski definition) is 1. The molecule has 0 fully saturated rings. The third-order valence-electron chi connectivity index (χ3n) is 3.07. The first kappa shape index (κ1) is 14.0. The number of aromatic nitrogens is 1. The van der Waals surface area contributed by atoms with Gasteiger partial charge in [0.1, 0.15) is 0 Å². The number of pyridine rings is 1. The largest absolute Gasteiger partial charge is 0.416 e. The number of nitrogens with two attached hydrogens (primary N) is 1. The zero-order valence-corrected chi connectivity index (χ0v) is 9.96. The molecule has 1 heterocycles. The van der Waals surface area contributed by atoms with Gasteiger partial charge in [-0.2, -0.15) is 13.2 Å². The highest BCUT2D eigenvalue weighted by atomic mass is 19.4. The number of rotatable bonds is 4. The summed E-state index contributed by atoms with van der Waals surface area (Å²) >= 11 is 0. The predicted octanol–water partition coefficient (Wildman–Crippen LogP) is 3.54. The first-order chi connectivity index (χ1) is 7.91. The van der Waals surface area contributed by atoms with E-state index < -0.39 is 17.8 Å². The van der Waals surface area contributed by atoms with Crippen molar-refractivity contribution in [1.29, 1.82) is 0 Å². The summed E-state index contributed by atoms with van der Waals surface area (Å²) in [6.07, 6.45) is -0.493. The van der Waals surface area contributed by atoms with Crippen LogP contribution in [0, 0.1) is 5.92 Å². The molecule has 0 aliphatic rings. The molecule has 1 atom stereocenters. The second kappa shape index (κ2) is 5.49. The SMILES string of the molecule is CCC(CC)C(N)c1cnccc1C(F)(F)F. The third kappa shape index (κ3) is 3.19. The molecule has 1 aromatic heterocycles. The lowest BCUT2D eigenvalue weighted by Crippen LogP contribution is -2.24. The molecule has 0 aliphatic heterocycles. The normalized spacial score (nSPS) is 14.1. The first-order valence-corrected chi connectivity index (χ1v) is 5.68. The second-order valence-electron chi connectivity index (χ2n) is 4.06. The maximum absolute atomic E-state index is 12.8. The van der Waals surface area contributed by atoms with Gasteiger partial charge in [0.05, 0.1) is 5.56 Å². The van der Waals surface area contributed by atoms with E-state index in [0.29, 0.717) is 0 Å². The molecule has 1 aromatic rings. The van der Waals surface area contributed by atoms with Gasteiger partial charge in [0.15, 0.2) is 0 Å². The Morgan fingerprint density at radius 2 is 1.88 bits per heavy atom. The van der Waals surface area contributed by atoms with Crippen LogP contribution in [-0.4, -0.2) is 4.98 Å². The Labute approximate surface area is 99.0 Å². The van der Waals surface area contributed by atoms with Crippen LogP contribution < -0.4 is 5.73 Å². The molecule has 0 saturated carbocycles. The average molecular weight is 246 g/mol. The third-order valence-corrected chi connectivity index (χ3v) is 3.07. The Kier molecular flexibility index (Phi) is 4.51. The monoisotopic (exact) mass is 246 g/mol. The minimum absolute atomic E-state index is 0.0419. The molecule has 17 heavy (non-hydrogen) atoms. The van der Waals surface area contributed by atoms with Gasteiger partial charge in [-0.3, -0.25) is 4.98 Å². The minimum Gasteiger partial charge on any atom is -0.324 e. The molecule has 0 amide bonds. The molecule has 96 valence electrons. The molecule has 2 N–H and O–H groups in total. The van der Waals surface area contributed by atoms with E-state index in [0.717, 1.165) is 25.1 Å². The van der Waals surface area contributed by atoms with Crippen molar-refractivity contribution in [3.05, 3.63) is 29.6 Å².